The Balaban J connectivity index is 1.78. The third-order valence-electron chi connectivity index (χ3n) is 3.53. The molecule has 0 atom stereocenters. The Bertz CT molecular complexity index is 824. The monoisotopic (exact) mass is 401 g/mol. The Kier molecular flexibility index (Phi) is 8.23. The number of hydrogen-bond donors (Lipinski definition) is 3. The van der Waals surface area contributed by atoms with Gasteiger partial charge in [0.1, 0.15) is 11.5 Å². The van der Waals surface area contributed by atoms with Crippen LogP contribution in [0, 0.1) is 6.92 Å². The van der Waals surface area contributed by atoms with Gasteiger partial charge in [-0.05, 0) is 49.8 Å². The standard InChI is InChI=1S/C20H23N3O4S/c1-3-12-26-17-7-5-4-6-16(17)19(25)21-20(28)23-22-18(24)13-27-15-10-8-14(2)9-11-15/h4-11H,3,12-13H2,1-2H3,(H,22,24)(H2,21,23,25,28). The lowest BCUT2D eigenvalue weighted by atomic mass is 10.2. The topological polar surface area (TPSA) is 88.7 Å². The molecule has 2 amide bonds. The van der Waals surface area contributed by atoms with Gasteiger partial charge in [-0.3, -0.25) is 25.8 Å². The maximum atomic E-state index is 12.4. The molecule has 0 saturated carbocycles. The zero-order valence-corrected chi connectivity index (χ0v) is 16.6. The van der Waals surface area contributed by atoms with Gasteiger partial charge >= 0.3 is 0 Å². The minimum atomic E-state index is -0.441. The lowest BCUT2D eigenvalue weighted by molar-refractivity contribution is -0.123. The van der Waals surface area contributed by atoms with Gasteiger partial charge in [0.25, 0.3) is 11.8 Å². The largest absolute Gasteiger partial charge is 0.493 e. The number of thiocarbonyl (C=S) groups is 1. The predicted molar refractivity (Wildman–Crippen MR) is 110 cm³/mol. The Morgan fingerprint density at radius 2 is 1.71 bits per heavy atom. The second-order valence-electron chi connectivity index (χ2n) is 5.90. The lowest BCUT2D eigenvalue weighted by Crippen LogP contribution is -2.49. The molecule has 28 heavy (non-hydrogen) atoms. The molecule has 0 unspecified atom stereocenters. The summed E-state index contributed by atoms with van der Waals surface area (Å²) < 4.78 is 10.9. The first-order chi connectivity index (χ1) is 13.5. The van der Waals surface area contributed by atoms with Crippen molar-refractivity contribution >= 4 is 29.1 Å². The summed E-state index contributed by atoms with van der Waals surface area (Å²) in [5.74, 6) is 0.179. The Morgan fingerprint density at radius 1 is 1.00 bits per heavy atom. The number of amides is 2. The number of carbonyl (C=O) groups is 2. The molecule has 2 aromatic rings. The van der Waals surface area contributed by atoms with E-state index in [0.717, 1.165) is 12.0 Å². The van der Waals surface area contributed by atoms with Crippen LogP contribution in [0.15, 0.2) is 48.5 Å². The molecule has 0 fully saturated rings. The van der Waals surface area contributed by atoms with Crippen molar-refractivity contribution in [3.8, 4) is 11.5 Å². The normalized spacial score (nSPS) is 9.93. The van der Waals surface area contributed by atoms with Gasteiger partial charge in [-0.1, -0.05) is 36.8 Å². The van der Waals surface area contributed by atoms with E-state index in [1.165, 1.54) is 0 Å². The number of ether oxygens (including phenoxy) is 2. The van der Waals surface area contributed by atoms with Gasteiger partial charge in [-0.25, -0.2) is 0 Å². The van der Waals surface area contributed by atoms with Crippen LogP contribution in [0.5, 0.6) is 11.5 Å². The van der Waals surface area contributed by atoms with Gasteiger partial charge in [0.2, 0.25) is 0 Å². The number of benzene rings is 2. The first-order valence-electron chi connectivity index (χ1n) is 8.81. The van der Waals surface area contributed by atoms with Crippen molar-refractivity contribution in [1.29, 1.82) is 0 Å². The Hall–Kier alpha value is -3.13. The Morgan fingerprint density at radius 3 is 2.43 bits per heavy atom. The summed E-state index contributed by atoms with van der Waals surface area (Å²) in [6.07, 6.45) is 0.826. The molecule has 0 aliphatic heterocycles. The highest BCUT2D eigenvalue weighted by molar-refractivity contribution is 7.80. The summed E-state index contributed by atoms with van der Waals surface area (Å²) in [7, 11) is 0. The van der Waals surface area contributed by atoms with E-state index in [9.17, 15) is 9.59 Å². The zero-order chi connectivity index (χ0) is 20.4. The number of hydrazine groups is 1. The van der Waals surface area contributed by atoms with Crippen molar-refractivity contribution in [1.82, 2.24) is 16.2 Å². The van der Waals surface area contributed by atoms with Crippen LogP contribution >= 0.6 is 12.2 Å². The van der Waals surface area contributed by atoms with Crippen molar-refractivity contribution in [2.75, 3.05) is 13.2 Å². The molecule has 7 nitrogen and oxygen atoms in total. The summed E-state index contributed by atoms with van der Waals surface area (Å²) >= 11 is 5.03. The molecule has 148 valence electrons. The molecular formula is C20H23N3O4S. The number of aryl methyl sites for hydroxylation is 1. The van der Waals surface area contributed by atoms with E-state index in [1.807, 2.05) is 26.0 Å². The van der Waals surface area contributed by atoms with E-state index in [1.54, 1.807) is 36.4 Å². The number of carbonyl (C=O) groups excluding carboxylic acids is 2. The second kappa shape index (κ2) is 10.9. The average molecular weight is 401 g/mol. The van der Waals surface area contributed by atoms with Gasteiger partial charge in [0.15, 0.2) is 11.7 Å². The lowest BCUT2D eigenvalue weighted by Gasteiger charge is -2.13. The fourth-order valence-electron chi connectivity index (χ4n) is 2.14. The summed E-state index contributed by atoms with van der Waals surface area (Å²) in [6.45, 7) is 4.25. The van der Waals surface area contributed by atoms with Crippen LogP contribution in [0.1, 0.15) is 29.3 Å². The van der Waals surface area contributed by atoms with E-state index in [-0.39, 0.29) is 11.7 Å². The quantitative estimate of drug-likeness (QED) is 0.488. The van der Waals surface area contributed by atoms with Gasteiger partial charge < -0.3 is 9.47 Å². The minimum absolute atomic E-state index is 0.0426. The highest BCUT2D eigenvalue weighted by Gasteiger charge is 2.13. The average Bonchev–Trinajstić information content (AvgIpc) is 2.70. The summed E-state index contributed by atoms with van der Waals surface area (Å²) in [4.78, 5) is 24.2. The van der Waals surface area contributed by atoms with Gasteiger partial charge in [-0.15, -0.1) is 0 Å². The van der Waals surface area contributed by atoms with Crippen LogP contribution in [-0.2, 0) is 4.79 Å². The molecule has 2 rings (SSSR count). The molecule has 0 heterocycles. The molecule has 0 aromatic heterocycles. The molecule has 0 bridgehead atoms. The Labute approximate surface area is 169 Å². The summed E-state index contributed by atoms with van der Waals surface area (Å²) in [6, 6.07) is 14.2. The van der Waals surface area contributed by atoms with Crippen molar-refractivity contribution in [2.24, 2.45) is 0 Å². The van der Waals surface area contributed by atoms with Gasteiger partial charge in [-0.2, -0.15) is 0 Å². The first kappa shape index (κ1) is 21.2. The predicted octanol–water partition coefficient (Wildman–Crippen LogP) is 2.50. The highest BCUT2D eigenvalue weighted by atomic mass is 32.1. The third-order valence-corrected chi connectivity index (χ3v) is 3.73. The number of hydrogen-bond acceptors (Lipinski definition) is 5. The number of para-hydroxylation sites is 1. The first-order valence-corrected chi connectivity index (χ1v) is 9.22. The SMILES string of the molecule is CCCOc1ccccc1C(=O)NC(=S)NNC(=O)COc1ccc(C)cc1. The molecule has 0 aliphatic carbocycles. The van der Waals surface area contributed by atoms with Crippen molar-refractivity contribution < 1.29 is 19.1 Å². The highest BCUT2D eigenvalue weighted by Crippen LogP contribution is 2.18. The van der Waals surface area contributed by atoms with Crippen LogP contribution in [0.25, 0.3) is 0 Å². The summed E-state index contributed by atoms with van der Waals surface area (Å²) in [5.41, 5.74) is 6.29. The van der Waals surface area contributed by atoms with Crippen LogP contribution in [0.4, 0.5) is 0 Å². The fraction of sp³-hybridized carbons (Fsp3) is 0.250. The third kappa shape index (κ3) is 6.88. The maximum Gasteiger partial charge on any atom is 0.276 e. The van der Waals surface area contributed by atoms with Crippen LogP contribution in [-0.4, -0.2) is 30.1 Å². The van der Waals surface area contributed by atoms with Gasteiger partial charge in [0, 0.05) is 0 Å². The van der Waals surface area contributed by atoms with E-state index in [2.05, 4.69) is 16.2 Å². The van der Waals surface area contributed by atoms with Gasteiger partial charge in [0.05, 0.1) is 12.2 Å². The fourth-order valence-corrected chi connectivity index (χ4v) is 2.28. The van der Waals surface area contributed by atoms with E-state index < -0.39 is 11.8 Å². The van der Waals surface area contributed by atoms with Crippen LogP contribution < -0.4 is 25.6 Å². The smallest absolute Gasteiger partial charge is 0.276 e. The maximum absolute atomic E-state index is 12.4. The number of rotatable bonds is 7. The number of nitrogens with one attached hydrogen (secondary N) is 3. The molecule has 8 heteroatoms. The van der Waals surface area contributed by atoms with Crippen molar-refractivity contribution in [3.05, 3.63) is 59.7 Å². The molecule has 0 saturated heterocycles. The molecule has 2 aromatic carbocycles. The molecule has 0 aliphatic rings. The minimum Gasteiger partial charge on any atom is -0.493 e. The summed E-state index contributed by atoms with van der Waals surface area (Å²) in [5, 5.41) is 2.45. The van der Waals surface area contributed by atoms with E-state index in [4.69, 9.17) is 21.7 Å². The zero-order valence-electron chi connectivity index (χ0n) is 15.8. The van der Waals surface area contributed by atoms with Crippen LogP contribution in [0.3, 0.4) is 0 Å². The van der Waals surface area contributed by atoms with Crippen molar-refractivity contribution in [3.63, 3.8) is 0 Å². The van der Waals surface area contributed by atoms with Crippen LogP contribution in [0.2, 0.25) is 0 Å². The second-order valence-corrected chi connectivity index (χ2v) is 6.31. The van der Waals surface area contributed by atoms with Crippen molar-refractivity contribution in [2.45, 2.75) is 20.3 Å². The molecular weight excluding hydrogens is 378 g/mol. The molecule has 3 N–H and O–H groups in total. The van der Waals surface area contributed by atoms with E-state index >= 15 is 0 Å². The molecule has 0 radical (unpaired) electrons. The van der Waals surface area contributed by atoms with E-state index in [0.29, 0.717) is 23.7 Å². The molecule has 0 spiro atoms.